The highest BCUT2D eigenvalue weighted by atomic mass is 16.2. The van der Waals surface area contributed by atoms with Gasteiger partial charge in [0, 0.05) is 13.6 Å². The number of carbonyl (C=O) groups is 1. The van der Waals surface area contributed by atoms with Crippen LogP contribution in [0.2, 0.25) is 0 Å². The summed E-state index contributed by atoms with van der Waals surface area (Å²) >= 11 is 0. The molecule has 2 N–H and O–H groups in total. The molecule has 0 saturated carbocycles. The van der Waals surface area contributed by atoms with Crippen molar-refractivity contribution >= 4 is 6.03 Å². The topological polar surface area (TPSA) is 64.9 Å². The number of hydrogen-bond acceptors (Lipinski definition) is 2. The molecule has 0 aromatic rings. The molecule has 0 aromatic heterocycles. The summed E-state index contributed by atoms with van der Waals surface area (Å²) in [6.45, 7) is 3.90. The molecule has 0 aromatic carbocycles. The van der Waals surface area contributed by atoms with E-state index in [-0.39, 0.29) is 6.03 Å². The minimum atomic E-state index is -0.494. The van der Waals surface area contributed by atoms with Crippen LogP contribution in [-0.4, -0.2) is 19.6 Å². The van der Waals surface area contributed by atoms with E-state index in [0.29, 0.717) is 6.54 Å². The molecule has 0 bridgehead atoms. The minimum absolute atomic E-state index is 0.256. The highest BCUT2D eigenvalue weighted by molar-refractivity contribution is 5.73. The van der Waals surface area contributed by atoms with Crippen LogP contribution >= 0.6 is 0 Å². The van der Waals surface area contributed by atoms with Crippen LogP contribution in [0.5, 0.6) is 0 Å². The molecular formula is C7H13N3O. The van der Waals surface area contributed by atoms with E-state index in [1.165, 1.54) is 7.05 Å². The highest BCUT2D eigenvalue weighted by Crippen LogP contribution is 2.09. The zero-order chi connectivity index (χ0) is 8.91. The molecule has 0 atom stereocenters. The van der Waals surface area contributed by atoms with E-state index in [2.05, 4.69) is 16.7 Å². The van der Waals surface area contributed by atoms with E-state index in [1.54, 1.807) is 13.8 Å². The van der Waals surface area contributed by atoms with E-state index < -0.39 is 5.41 Å². The second-order valence-corrected chi connectivity index (χ2v) is 2.93. The maximum absolute atomic E-state index is 10.6. The Morgan fingerprint density at radius 2 is 2.18 bits per heavy atom. The lowest BCUT2D eigenvalue weighted by molar-refractivity contribution is 0.239. The minimum Gasteiger partial charge on any atom is -0.341 e. The lowest BCUT2D eigenvalue weighted by atomic mass is 9.96. The molecule has 0 unspecified atom stereocenters. The summed E-state index contributed by atoms with van der Waals surface area (Å²) in [7, 11) is 1.54. The van der Waals surface area contributed by atoms with Crippen molar-refractivity contribution in [2.75, 3.05) is 13.6 Å². The Hall–Kier alpha value is -1.24. The van der Waals surface area contributed by atoms with Gasteiger partial charge in [-0.25, -0.2) is 4.79 Å². The molecule has 0 rings (SSSR count). The zero-order valence-corrected chi connectivity index (χ0v) is 7.06. The third-order valence-electron chi connectivity index (χ3n) is 1.22. The van der Waals surface area contributed by atoms with Crippen molar-refractivity contribution in [2.45, 2.75) is 13.8 Å². The third kappa shape index (κ3) is 4.20. The van der Waals surface area contributed by atoms with Crippen LogP contribution in [0.25, 0.3) is 0 Å². The maximum Gasteiger partial charge on any atom is 0.314 e. The summed E-state index contributed by atoms with van der Waals surface area (Å²) in [6.07, 6.45) is 0. The number of urea groups is 1. The van der Waals surface area contributed by atoms with Crippen LogP contribution in [0.3, 0.4) is 0 Å². The fraction of sp³-hybridized carbons (Fsp3) is 0.714. The second kappa shape index (κ2) is 3.81. The standard InChI is InChI=1S/C7H13N3O/c1-7(2,4-8)5-10-6(11)9-3/h5H2,1-3H3,(H2,9,10,11). The summed E-state index contributed by atoms with van der Waals surface area (Å²) < 4.78 is 0. The van der Waals surface area contributed by atoms with Crippen molar-refractivity contribution < 1.29 is 4.79 Å². The number of nitrogens with one attached hydrogen (secondary N) is 2. The van der Waals surface area contributed by atoms with E-state index in [1.807, 2.05) is 0 Å². The first-order valence-electron chi connectivity index (χ1n) is 3.38. The Morgan fingerprint density at radius 1 is 1.64 bits per heavy atom. The molecule has 11 heavy (non-hydrogen) atoms. The highest BCUT2D eigenvalue weighted by Gasteiger charge is 2.16. The van der Waals surface area contributed by atoms with Crippen LogP contribution in [0, 0.1) is 16.7 Å². The largest absolute Gasteiger partial charge is 0.341 e. The molecule has 0 heterocycles. The molecule has 0 radical (unpaired) electrons. The zero-order valence-electron chi connectivity index (χ0n) is 7.06. The third-order valence-corrected chi connectivity index (χ3v) is 1.22. The van der Waals surface area contributed by atoms with Gasteiger partial charge in [-0.15, -0.1) is 0 Å². The van der Waals surface area contributed by atoms with E-state index in [4.69, 9.17) is 5.26 Å². The predicted molar refractivity (Wildman–Crippen MR) is 41.9 cm³/mol. The SMILES string of the molecule is CNC(=O)NCC(C)(C)C#N. The van der Waals surface area contributed by atoms with Gasteiger partial charge in [-0.3, -0.25) is 0 Å². The Balaban J connectivity index is 3.72. The van der Waals surface area contributed by atoms with Gasteiger partial charge in [0.05, 0.1) is 11.5 Å². The summed E-state index contributed by atoms with van der Waals surface area (Å²) in [5.41, 5.74) is -0.494. The van der Waals surface area contributed by atoms with Crippen molar-refractivity contribution in [2.24, 2.45) is 5.41 Å². The first-order valence-corrected chi connectivity index (χ1v) is 3.38. The van der Waals surface area contributed by atoms with E-state index in [9.17, 15) is 4.79 Å². The number of rotatable bonds is 2. The molecule has 62 valence electrons. The molecule has 0 fully saturated rings. The van der Waals surface area contributed by atoms with Gasteiger partial charge >= 0.3 is 6.03 Å². The molecular weight excluding hydrogens is 142 g/mol. The van der Waals surface area contributed by atoms with Gasteiger partial charge in [-0.1, -0.05) is 0 Å². The predicted octanol–water partition coefficient (Wildman–Crippen LogP) is 0.465. The molecule has 0 saturated heterocycles. The van der Waals surface area contributed by atoms with Gasteiger partial charge in [-0.05, 0) is 13.8 Å². The quantitative estimate of drug-likeness (QED) is 0.608. The number of carbonyl (C=O) groups excluding carboxylic acids is 1. The van der Waals surface area contributed by atoms with E-state index >= 15 is 0 Å². The summed E-state index contributed by atoms with van der Waals surface area (Å²) in [6, 6.07) is 1.82. The Labute approximate surface area is 66.6 Å². The van der Waals surface area contributed by atoms with Gasteiger partial charge in [0.1, 0.15) is 0 Å². The van der Waals surface area contributed by atoms with Gasteiger partial charge in [-0.2, -0.15) is 5.26 Å². The monoisotopic (exact) mass is 155 g/mol. The fourth-order valence-electron chi connectivity index (χ4n) is 0.429. The summed E-state index contributed by atoms with van der Waals surface area (Å²) in [5.74, 6) is 0. The number of amides is 2. The van der Waals surface area contributed by atoms with Crippen molar-refractivity contribution in [3.8, 4) is 6.07 Å². The van der Waals surface area contributed by atoms with Crippen LogP contribution < -0.4 is 10.6 Å². The van der Waals surface area contributed by atoms with Crippen LogP contribution in [0.15, 0.2) is 0 Å². The average Bonchev–Trinajstić information content (AvgIpc) is 2.00. The van der Waals surface area contributed by atoms with Crippen LogP contribution in [0.1, 0.15) is 13.8 Å². The van der Waals surface area contributed by atoms with Crippen molar-refractivity contribution in [3.63, 3.8) is 0 Å². The van der Waals surface area contributed by atoms with E-state index in [0.717, 1.165) is 0 Å². The lowest BCUT2D eigenvalue weighted by Crippen LogP contribution is -2.38. The smallest absolute Gasteiger partial charge is 0.314 e. The maximum atomic E-state index is 10.6. The Kier molecular flexibility index (Phi) is 3.38. The molecule has 0 aliphatic carbocycles. The van der Waals surface area contributed by atoms with Crippen molar-refractivity contribution in [3.05, 3.63) is 0 Å². The van der Waals surface area contributed by atoms with Gasteiger partial charge in [0.15, 0.2) is 0 Å². The average molecular weight is 155 g/mol. The summed E-state index contributed by atoms with van der Waals surface area (Å²) in [5, 5.41) is 13.5. The molecule has 0 aliphatic rings. The van der Waals surface area contributed by atoms with Gasteiger partial charge in [0.2, 0.25) is 0 Å². The van der Waals surface area contributed by atoms with Crippen molar-refractivity contribution in [1.82, 2.24) is 10.6 Å². The molecule has 2 amide bonds. The molecule has 4 heteroatoms. The molecule has 0 aliphatic heterocycles. The number of nitrogens with zero attached hydrogens (tertiary/aromatic N) is 1. The number of nitriles is 1. The lowest BCUT2D eigenvalue weighted by Gasteiger charge is -2.14. The Bertz CT molecular complexity index is 181. The van der Waals surface area contributed by atoms with Crippen LogP contribution in [-0.2, 0) is 0 Å². The normalized spacial score (nSPS) is 10.0. The number of hydrogen-bond donors (Lipinski definition) is 2. The van der Waals surface area contributed by atoms with Gasteiger partial charge in [0.25, 0.3) is 0 Å². The first kappa shape index (κ1) is 9.76. The molecule has 0 spiro atoms. The Morgan fingerprint density at radius 3 is 2.55 bits per heavy atom. The van der Waals surface area contributed by atoms with Gasteiger partial charge < -0.3 is 10.6 Å². The van der Waals surface area contributed by atoms with Crippen molar-refractivity contribution in [1.29, 1.82) is 5.26 Å². The molecule has 4 nitrogen and oxygen atoms in total. The first-order chi connectivity index (χ1) is 5.02. The fourth-order valence-corrected chi connectivity index (χ4v) is 0.429. The summed E-state index contributed by atoms with van der Waals surface area (Å²) in [4.78, 5) is 10.6. The second-order valence-electron chi connectivity index (χ2n) is 2.93. The van der Waals surface area contributed by atoms with Crippen LogP contribution in [0.4, 0.5) is 4.79 Å².